The van der Waals surface area contributed by atoms with Crippen LogP contribution in [0.25, 0.3) is 0 Å². The highest BCUT2D eigenvalue weighted by Gasteiger charge is 2.48. The van der Waals surface area contributed by atoms with E-state index in [0.29, 0.717) is 39.1 Å². The summed E-state index contributed by atoms with van der Waals surface area (Å²) in [4.78, 5) is 34.0. The number of nitrogens with zero attached hydrogens (tertiary/aromatic N) is 5. The maximum absolute atomic E-state index is 14.3. The van der Waals surface area contributed by atoms with Crippen molar-refractivity contribution in [3.8, 4) is 0 Å². The molecule has 2 amide bonds. The summed E-state index contributed by atoms with van der Waals surface area (Å²) in [7, 11) is 0. The molecule has 0 aliphatic carbocycles. The van der Waals surface area contributed by atoms with Gasteiger partial charge in [0.1, 0.15) is 11.4 Å². The van der Waals surface area contributed by atoms with Gasteiger partial charge in [-0.05, 0) is 73.4 Å². The lowest BCUT2D eigenvalue weighted by Gasteiger charge is -2.41. The van der Waals surface area contributed by atoms with Crippen molar-refractivity contribution in [2.24, 2.45) is 16.3 Å². The molecule has 9 nitrogen and oxygen atoms in total. The van der Waals surface area contributed by atoms with E-state index in [1.165, 1.54) is 0 Å². The number of tetrazole rings is 1. The topological polar surface area (TPSA) is 116 Å². The first-order valence-electron chi connectivity index (χ1n) is 13.8. The van der Waals surface area contributed by atoms with Crippen LogP contribution in [-0.4, -0.2) is 48.7 Å². The van der Waals surface area contributed by atoms with Gasteiger partial charge in [0.05, 0.1) is 12.6 Å². The van der Waals surface area contributed by atoms with Crippen molar-refractivity contribution in [3.05, 3.63) is 75.0 Å². The van der Waals surface area contributed by atoms with E-state index >= 15 is 0 Å². The monoisotopic (exact) mass is 597 g/mol. The first kappa shape index (κ1) is 30.7. The average Bonchev–Trinajstić information content (AvgIpc) is 3.48. The number of H-pyrrole nitrogens is 1. The third-order valence-corrected chi connectivity index (χ3v) is 7.49. The summed E-state index contributed by atoms with van der Waals surface area (Å²) in [5, 5.41) is 17.3. The number of aromatic nitrogens is 4. The summed E-state index contributed by atoms with van der Waals surface area (Å²) >= 11 is 12.6. The van der Waals surface area contributed by atoms with Gasteiger partial charge >= 0.3 is 0 Å². The molecule has 2 heterocycles. The summed E-state index contributed by atoms with van der Waals surface area (Å²) in [5.74, 6) is 0.270. The van der Waals surface area contributed by atoms with E-state index in [1.54, 1.807) is 30.3 Å². The smallest absolute Gasteiger partial charge is 0.275 e. The Morgan fingerprint density at radius 2 is 1.76 bits per heavy atom. The number of rotatable bonds is 10. The lowest BCUT2D eigenvalue weighted by molar-refractivity contribution is -0.131. The van der Waals surface area contributed by atoms with Gasteiger partial charge in [-0.1, -0.05) is 75.2 Å². The quantitative estimate of drug-likeness (QED) is 0.280. The first-order valence-corrected chi connectivity index (χ1v) is 14.5. The van der Waals surface area contributed by atoms with Gasteiger partial charge in [-0.15, -0.1) is 10.2 Å². The number of hydrogen-bond donors (Lipinski definition) is 2. The molecular weight excluding hydrogens is 561 g/mol. The highest BCUT2D eigenvalue weighted by Crippen LogP contribution is 2.42. The number of halogens is 2. The van der Waals surface area contributed by atoms with Crippen molar-refractivity contribution in [1.29, 1.82) is 0 Å². The van der Waals surface area contributed by atoms with Gasteiger partial charge in [0.2, 0.25) is 0 Å². The van der Waals surface area contributed by atoms with Crippen molar-refractivity contribution in [2.75, 3.05) is 0 Å². The zero-order valence-corrected chi connectivity index (χ0v) is 25.8. The predicted molar refractivity (Wildman–Crippen MR) is 161 cm³/mol. The van der Waals surface area contributed by atoms with E-state index < -0.39 is 5.66 Å². The van der Waals surface area contributed by atoms with Gasteiger partial charge < -0.3 is 10.2 Å². The SMILES string of the molecule is CC(C)CC1(C)N=C(c2cc(Cl)cc(Cl)c2)C(=O)N1[C@H](CCC(C)(C)C)c1ccc(C(=O)NCc2nn[nH]n2)cc1. The fourth-order valence-electron chi connectivity index (χ4n) is 5.34. The van der Waals surface area contributed by atoms with Crippen molar-refractivity contribution in [3.63, 3.8) is 0 Å². The van der Waals surface area contributed by atoms with Crippen LogP contribution in [0.2, 0.25) is 10.0 Å². The average molecular weight is 599 g/mol. The molecule has 218 valence electrons. The Labute approximate surface area is 251 Å². The zero-order valence-electron chi connectivity index (χ0n) is 24.3. The van der Waals surface area contributed by atoms with E-state index in [9.17, 15) is 9.59 Å². The van der Waals surface area contributed by atoms with Gasteiger partial charge in [0.15, 0.2) is 5.82 Å². The van der Waals surface area contributed by atoms with Gasteiger partial charge in [-0.3, -0.25) is 14.6 Å². The van der Waals surface area contributed by atoms with Gasteiger partial charge in [-0.2, -0.15) is 5.21 Å². The molecule has 2 atom stereocenters. The Balaban J connectivity index is 1.69. The second-order valence-electron chi connectivity index (χ2n) is 12.4. The normalized spacial score (nSPS) is 18.1. The van der Waals surface area contributed by atoms with Crippen LogP contribution in [0.5, 0.6) is 0 Å². The maximum Gasteiger partial charge on any atom is 0.275 e. The third kappa shape index (κ3) is 7.51. The van der Waals surface area contributed by atoms with E-state index in [2.05, 4.69) is 60.6 Å². The minimum atomic E-state index is -0.779. The highest BCUT2D eigenvalue weighted by molar-refractivity contribution is 6.47. The number of hydrogen-bond acceptors (Lipinski definition) is 6. The molecule has 0 saturated heterocycles. The van der Waals surface area contributed by atoms with Crippen LogP contribution in [0.4, 0.5) is 0 Å². The molecule has 1 aliphatic heterocycles. The molecule has 4 rings (SSSR count). The lowest BCUT2D eigenvalue weighted by Crippen LogP contribution is -2.48. The van der Waals surface area contributed by atoms with Crippen LogP contribution < -0.4 is 5.32 Å². The fourth-order valence-corrected chi connectivity index (χ4v) is 5.86. The van der Waals surface area contributed by atoms with E-state index in [1.807, 2.05) is 24.0 Å². The molecule has 1 unspecified atom stereocenters. The standard InChI is InChI=1S/C30H37Cl2N7O2/c1-18(2)16-30(6)34-26(21-13-22(31)15-23(32)14-21)28(41)39(30)24(11-12-29(3,4)5)19-7-9-20(10-8-19)27(40)33-17-25-35-37-38-36-25/h7-10,13-15,18,24H,11-12,16-17H2,1-6H3,(H,33,40)(H,35,36,37,38)/t24-,30?/m1/s1. The Bertz CT molecular complexity index is 1400. The van der Waals surface area contributed by atoms with Crippen molar-refractivity contribution < 1.29 is 9.59 Å². The number of carbonyl (C=O) groups excluding carboxylic acids is 2. The zero-order chi connectivity index (χ0) is 29.9. The number of carbonyl (C=O) groups is 2. The molecule has 0 saturated carbocycles. The Morgan fingerprint density at radius 3 is 2.32 bits per heavy atom. The fraction of sp³-hybridized carbons (Fsp3) is 0.467. The maximum atomic E-state index is 14.3. The summed E-state index contributed by atoms with van der Waals surface area (Å²) in [6, 6.07) is 12.3. The molecule has 1 aliphatic rings. The van der Waals surface area contributed by atoms with Crippen molar-refractivity contribution in [2.45, 2.75) is 79.1 Å². The first-order chi connectivity index (χ1) is 19.3. The molecule has 11 heteroatoms. The van der Waals surface area contributed by atoms with E-state index in [-0.39, 0.29) is 35.7 Å². The van der Waals surface area contributed by atoms with Gasteiger partial charge in [-0.25, -0.2) is 0 Å². The van der Waals surface area contributed by atoms with Crippen molar-refractivity contribution in [1.82, 2.24) is 30.8 Å². The number of benzene rings is 2. The molecule has 0 fully saturated rings. The number of aromatic amines is 1. The molecule has 2 N–H and O–H groups in total. The Kier molecular flexibility index (Phi) is 9.19. The number of nitrogens with one attached hydrogen (secondary N) is 2. The van der Waals surface area contributed by atoms with Gasteiger partial charge in [0, 0.05) is 21.2 Å². The van der Waals surface area contributed by atoms with Crippen molar-refractivity contribution >= 4 is 40.7 Å². The van der Waals surface area contributed by atoms with Crippen LogP contribution >= 0.6 is 23.2 Å². The molecule has 2 aromatic carbocycles. The second kappa shape index (κ2) is 12.3. The second-order valence-corrected chi connectivity index (χ2v) is 13.2. The van der Waals surface area contributed by atoms with Crippen LogP contribution in [0.1, 0.15) is 94.2 Å². The number of aliphatic imine (C=N–C) groups is 1. The van der Waals surface area contributed by atoms with Crippen LogP contribution in [0.15, 0.2) is 47.5 Å². The Morgan fingerprint density at radius 1 is 1.10 bits per heavy atom. The lowest BCUT2D eigenvalue weighted by atomic mass is 9.85. The predicted octanol–water partition coefficient (Wildman–Crippen LogP) is 6.40. The molecule has 1 aromatic heterocycles. The summed E-state index contributed by atoms with van der Waals surface area (Å²) in [5.41, 5.74) is 1.67. The minimum absolute atomic E-state index is 0.0502. The minimum Gasteiger partial charge on any atom is -0.345 e. The van der Waals surface area contributed by atoms with E-state index in [4.69, 9.17) is 28.2 Å². The van der Waals surface area contributed by atoms with E-state index in [0.717, 1.165) is 18.4 Å². The molecule has 41 heavy (non-hydrogen) atoms. The molecule has 0 radical (unpaired) electrons. The molecule has 0 spiro atoms. The molecule has 3 aromatic rings. The molecule has 0 bridgehead atoms. The largest absolute Gasteiger partial charge is 0.345 e. The summed E-state index contributed by atoms with van der Waals surface area (Å²) in [6.45, 7) is 13.0. The third-order valence-electron chi connectivity index (χ3n) is 7.06. The summed E-state index contributed by atoms with van der Waals surface area (Å²) in [6.07, 6.45) is 2.29. The Hall–Kier alpha value is -3.30. The van der Waals surface area contributed by atoms with Crippen LogP contribution in [-0.2, 0) is 11.3 Å². The molecular formula is C30H37Cl2N7O2. The van der Waals surface area contributed by atoms with Crippen LogP contribution in [0.3, 0.4) is 0 Å². The van der Waals surface area contributed by atoms with Crippen LogP contribution in [0, 0.1) is 11.3 Å². The number of amides is 2. The highest BCUT2D eigenvalue weighted by atomic mass is 35.5. The van der Waals surface area contributed by atoms with Gasteiger partial charge in [0.25, 0.3) is 11.8 Å². The summed E-state index contributed by atoms with van der Waals surface area (Å²) < 4.78 is 0.